The first-order valence-electron chi connectivity index (χ1n) is 6.47. The van der Waals surface area contributed by atoms with E-state index in [1.165, 1.54) is 0 Å². The first kappa shape index (κ1) is 12.5. The minimum absolute atomic E-state index is 0.0665. The summed E-state index contributed by atoms with van der Waals surface area (Å²) in [6, 6.07) is 15.6. The quantitative estimate of drug-likeness (QED) is 0.927. The number of rotatable bonds is 4. The Morgan fingerprint density at radius 2 is 1.80 bits per heavy atom. The smallest absolute Gasteiger partial charge is 0.231 e. The summed E-state index contributed by atoms with van der Waals surface area (Å²) < 4.78 is 10.7. The van der Waals surface area contributed by atoms with Crippen molar-refractivity contribution >= 4 is 5.91 Å². The molecule has 0 bridgehead atoms. The summed E-state index contributed by atoms with van der Waals surface area (Å²) in [5.74, 6) is 1.06. The van der Waals surface area contributed by atoms with Crippen LogP contribution in [0.2, 0.25) is 0 Å². The third kappa shape index (κ3) is 2.45. The predicted molar refractivity (Wildman–Crippen MR) is 74.7 cm³/mol. The Morgan fingerprint density at radius 3 is 2.55 bits per heavy atom. The van der Waals surface area contributed by atoms with Gasteiger partial charge in [0.25, 0.3) is 0 Å². The molecule has 0 saturated carbocycles. The summed E-state index contributed by atoms with van der Waals surface area (Å²) >= 11 is 0. The molecule has 1 heterocycles. The molecule has 2 aromatic carbocycles. The molecule has 0 aliphatic carbocycles. The van der Waals surface area contributed by atoms with E-state index in [2.05, 4.69) is 0 Å². The summed E-state index contributed by atoms with van der Waals surface area (Å²) in [5.41, 5.74) is 7.45. The largest absolute Gasteiger partial charge is 0.454 e. The minimum Gasteiger partial charge on any atom is -0.454 e. The lowest BCUT2D eigenvalue weighted by atomic mass is 9.88. The molecule has 2 aromatic rings. The average molecular weight is 269 g/mol. The Kier molecular flexibility index (Phi) is 3.29. The van der Waals surface area contributed by atoms with Crippen LogP contribution in [0, 0.1) is 0 Å². The van der Waals surface area contributed by atoms with Crippen LogP contribution in [0.25, 0.3) is 0 Å². The highest BCUT2D eigenvalue weighted by Crippen LogP contribution is 2.37. The zero-order valence-electron chi connectivity index (χ0n) is 10.9. The number of ether oxygens (including phenoxy) is 2. The molecule has 1 amide bonds. The maximum Gasteiger partial charge on any atom is 0.231 e. The van der Waals surface area contributed by atoms with E-state index in [0.29, 0.717) is 5.75 Å². The lowest BCUT2D eigenvalue weighted by Gasteiger charge is -2.16. The Bertz CT molecular complexity index is 625. The van der Waals surface area contributed by atoms with Crippen molar-refractivity contribution in [3.8, 4) is 11.5 Å². The second-order valence-electron chi connectivity index (χ2n) is 4.75. The number of fused-ring (bicyclic) bond motifs is 1. The Labute approximate surface area is 117 Å². The SMILES string of the molecule is NC(=O)C[C@H](c1ccccc1)c1ccc2c(c1)OCO2. The molecule has 102 valence electrons. The van der Waals surface area contributed by atoms with Gasteiger partial charge in [0.2, 0.25) is 12.7 Å². The highest BCUT2D eigenvalue weighted by molar-refractivity contribution is 5.75. The van der Waals surface area contributed by atoms with Crippen LogP contribution >= 0.6 is 0 Å². The van der Waals surface area contributed by atoms with Crippen LogP contribution in [0.4, 0.5) is 0 Å². The van der Waals surface area contributed by atoms with E-state index in [1.54, 1.807) is 0 Å². The van der Waals surface area contributed by atoms with Crippen molar-refractivity contribution in [1.29, 1.82) is 0 Å². The molecule has 0 spiro atoms. The van der Waals surface area contributed by atoms with Crippen molar-refractivity contribution in [3.63, 3.8) is 0 Å². The molecule has 0 unspecified atom stereocenters. The second kappa shape index (κ2) is 5.25. The number of amides is 1. The molecule has 1 aliphatic rings. The van der Waals surface area contributed by atoms with E-state index < -0.39 is 0 Å². The van der Waals surface area contributed by atoms with E-state index in [4.69, 9.17) is 15.2 Å². The molecular formula is C16H15NO3. The van der Waals surface area contributed by atoms with Crippen molar-refractivity contribution in [2.45, 2.75) is 12.3 Å². The molecule has 2 N–H and O–H groups in total. The monoisotopic (exact) mass is 269 g/mol. The molecule has 20 heavy (non-hydrogen) atoms. The molecule has 1 aliphatic heterocycles. The van der Waals surface area contributed by atoms with Gasteiger partial charge in [0, 0.05) is 12.3 Å². The van der Waals surface area contributed by atoms with Crippen molar-refractivity contribution in [3.05, 3.63) is 59.7 Å². The lowest BCUT2D eigenvalue weighted by molar-refractivity contribution is -0.118. The van der Waals surface area contributed by atoms with Gasteiger partial charge in [0.1, 0.15) is 0 Å². The number of carbonyl (C=O) groups excluding carboxylic acids is 1. The molecule has 0 saturated heterocycles. The Hall–Kier alpha value is -2.49. The van der Waals surface area contributed by atoms with Gasteiger partial charge in [-0.05, 0) is 23.3 Å². The van der Waals surface area contributed by atoms with Crippen molar-refractivity contribution in [2.75, 3.05) is 6.79 Å². The molecule has 1 atom stereocenters. The van der Waals surface area contributed by atoms with Crippen LogP contribution in [-0.4, -0.2) is 12.7 Å². The maximum atomic E-state index is 11.4. The topological polar surface area (TPSA) is 61.6 Å². The van der Waals surface area contributed by atoms with Gasteiger partial charge in [0.05, 0.1) is 0 Å². The van der Waals surface area contributed by atoms with Crippen LogP contribution in [-0.2, 0) is 4.79 Å². The molecule has 0 radical (unpaired) electrons. The van der Waals surface area contributed by atoms with Gasteiger partial charge in [-0.2, -0.15) is 0 Å². The van der Waals surface area contributed by atoms with Gasteiger partial charge in [-0.25, -0.2) is 0 Å². The van der Waals surface area contributed by atoms with Crippen LogP contribution in [0.1, 0.15) is 23.5 Å². The molecular weight excluding hydrogens is 254 g/mol. The highest BCUT2D eigenvalue weighted by Gasteiger charge is 2.20. The second-order valence-corrected chi connectivity index (χ2v) is 4.75. The number of hydrogen-bond donors (Lipinski definition) is 1. The molecule has 0 aromatic heterocycles. The predicted octanol–water partition coefficient (Wildman–Crippen LogP) is 2.42. The zero-order valence-corrected chi connectivity index (χ0v) is 10.9. The third-order valence-electron chi connectivity index (χ3n) is 3.41. The van der Waals surface area contributed by atoms with Crippen molar-refractivity contribution < 1.29 is 14.3 Å². The van der Waals surface area contributed by atoms with Crippen LogP contribution in [0.15, 0.2) is 48.5 Å². The van der Waals surface area contributed by atoms with E-state index in [9.17, 15) is 4.79 Å². The molecule has 4 nitrogen and oxygen atoms in total. The minimum atomic E-state index is -0.323. The van der Waals surface area contributed by atoms with E-state index in [0.717, 1.165) is 16.9 Å². The maximum absolute atomic E-state index is 11.4. The van der Waals surface area contributed by atoms with Gasteiger partial charge >= 0.3 is 0 Å². The van der Waals surface area contributed by atoms with E-state index >= 15 is 0 Å². The van der Waals surface area contributed by atoms with Crippen molar-refractivity contribution in [2.24, 2.45) is 5.73 Å². The van der Waals surface area contributed by atoms with Crippen LogP contribution in [0.3, 0.4) is 0 Å². The fourth-order valence-corrected chi connectivity index (χ4v) is 2.44. The number of primary amides is 1. The van der Waals surface area contributed by atoms with Crippen LogP contribution in [0.5, 0.6) is 11.5 Å². The summed E-state index contributed by atoms with van der Waals surface area (Å²) in [4.78, 5) is 11.4. The number of nitrogens with two attached hydrogens (primary N) is 1. The Morgan fingerprint density at radius 1 is 1.05 bits per heavy atom. The van der Waals surface area contributed by atoms with Crippen LogP contribution < -0.4 is 15.2 Å². The van der Waals surface area contributed by atoms with Gasteiger partial charge < -0.3 is 15.2 Å². The Balaban J connectivity index is 1.99. The third-order valence-corrected chi connectivity index (χ3v) is 3.41. The van der Waals surface area contributed by atoms with Gasteiger partial charge in [0.15, 0.2) is 11.5 Å². The molecule has 0 fully saturated rings. The first-order chi connectivity index (χ1) is 9.74. The summed E-state index contributed by atoms with van der Waals surface area (Å²) in [6.45, 7) is 0.241. The van der Waals surface area contributed by atoms with Gasteiger partial charge in [-0.1, -0.05) is 36.4 Å². The standard InChI is InChI=1S/C16H15NO3/c17-16(18)9-13(11-4-2-1-3-5-11)12-6-7-14-15(8-12)20-10-19-14/h1-8,13H,9-10H2,(H2,17,18)/t13-/m1/s1. The number of benzene rings is 2. The lowest BCUT2D eigenvalue weighted by Crippen LogP contribution is -2.16. The fraction of sp³-hybridized carbons (Fsp3) is 0.188. The van der Waals surface area contributed by atoms with Gasteiger partial charge in [-0.15, -0.1) is 0 Å². The molecule has 4 heteroatoms. The fourth-order valence-electron chi connectivity index (χ4n) is 2.44. The highest BCUT2D eigenvalue weighted by atomic mass is 16.7. The molecule has 3 rings (SSSR count). The van der Waals surface area contributed by atoms with E-state index in [-0.39, 0.29) is 25.0 Å². The summed E-state index contributed by atoms with van der Waals surface area (Å²) in [5, 5.41) is 0. The van der Waals surface area contributed by atoms with Gasteiger partial charge in [-0.3, -0.25) is 4.79 Å². The summed E-state index contributed by atoms with van der Waals surface area (Å²) in [7, 11) is 0. The van der Waals surface area contributed by atoms with Crippen molar-refractivity contribution in [1.82, 2.24) is 0 Å². The summed E-state index contributed by atoms with van der Waals surface area (Å²) in [6.07, 6.45) is 0.268. The average Bonchev–Trinajstić information content (AvgIpc) is 2.93. The van der Waals surface area contributed by atoms with E-state index in [1.807, 2.05) is 48.5 Å². The zero-order chi connectivity index (χ0) is 13.9. The number of hydrogen-bond acceptors (Lipinski definition) is 3. The number of carbonyl (C=O) groups is 1. The first-order valence-corrected chi connectivity index (χ1v) is 6.47. The normalized spacial score (nSPS) is 14.0.